The van der Waals surface area contributed by atoms with E-state index in [0.717, 1.165) is 26.8 Å². The summed E-state index contributed by atoms with van der Waals surface area (Å²) in [4.78, 5) is 0. The van der Waals surface area contributed by atoms with E-state index in [9.17, 15) is 0 Å². The maximum atomic E-state index is 6.24. The van der Waals surface area contributed by atoms with Crippen LogP contribution in [0.4, 0.5) is 0 Å². The highest BCUT2D eigenvalue weighted by atomic mass is 79.9. The Morgan fingerprint density at radius 3 is 2.61 bits per heavy atom. The van der Waals surface area contributed by atoms with Gasteiger partial charge in [0.1, 0.15) is 5.75 Å². The molecule has 0 aliphatic carbocycles. The number of aryl methyl sites for hydroxylation is 1. The molecule has 1 aromatic heterocycles. The van der Waals surface area contributed by atoms with E-state index in [0.29, 0.717) is 6.61 Å². The Kier molecular flexibility index (Phi) is 3.43. The highest BCUT2D eigenvalue weighted by Gasteiger charge is 2.24. The van der Waals surface area contributed by atoms with Gasteiger partial charge in [-0.3, -0.25) is 0 Å². The molecular weight excluding hydrogens is 292 g/mol. The number of nitrogens with zero attached hydrogens (tertiary/aromatic N) is 1. The van der Waals surface area contributed by atoms with Gasteiger partial charge in [-0.2, -0.15) is 0 Å². The Morgan fingerprint density at radius 2 is 2.06 bits per heavy atom. The van der Waals surface area contributed by atoms with Crippen molar-refractivity contribution < 1.29 is 4.74 Å². The van der Waals surface area contributed by atoms with E-state index in [4.69, 9.17) is 10.5 Å². The first-order valence-electron chi connectivity index (χ1n) is 6.06. The largest absolute Gasteiger partial charge is 0.494 e. The zero-order chi connectivity index (χ0) is 13.5. The molecule has 0 fully saturated rings. The Hall–Kier alpha value is -1.00. The van der Waals surface area contributed by atoms with Gasteiger partial charge in [0.2, 0.25) is 0 Å². The number of aromatic nitrogens is 1. The number of rotatable bonds is 3. The van der Waals surface area contributed by atoms with Crippen LogP contribution in [0.25, 0.3) is 10.9 Å². The van der Waals surface area contributed by atoms with Gasteiger partial charge in [0.15, 0.2) is 0 Å². The summed E-state index contributed by atoms with van der Waals surface area (Å²) in [6, 6.07) is 6.12. The summed E-state index contributed by atoms with van der Waals surface area (Å²) in [7, 11) is 2.04. The number of hydrogen-bond donors (Lipinski definition) is 1. The van der Waals surface area contributed by atoms with Crippen LogP contribution in [0.5, 0.6) is 5.75 Å². The molecule has 0 unspecified atom stereocenters. The van der Waals surface area contributed by atoms with Crippen LogP contribution in [-0.2, 0) is 12.6 Å². The van der Waals surface area contributed by atoms with E-state index in [1.165, 1.54) is 0 Å². The Labute approximate surface area is 116 Å². The summed E-state index contributed by atoms with van der Waals surface area (Å²) in [6.45, 7) is 6.68. The van der Waals surface area contributed by atoms with Crippen molar-refractivity contribution in [2.24, 2.45) is 12.8 Å². The summed E-state index contributed by atoms with van der Waals surface area (Å²) >= 11 is 3.67. The zero-order valence-electron chi connectivity index (χ0n) is 11.2. The van der Waals surface area contributed by atoms with Crippen molar-refractivity contribution in [2.45, 2.75) is 26.3 Å². The molecule has 98 valence electrons. The van der Waals surface area contributed by atoms with Gasteiger partial charge < -0.3 is 15.0 Å². The first kappa shape index (κ1) is 13.4. The lowest BCUT2D eigenvalue weighted by atomic mass is 10.0. The fourth-order valence-electron chi connectivity index (χ4n) is 2.35. The van der Waals surface area contributed by atoms with Gasteiger partial charge >= 0.3 is 0 Å². The lowest BCUT2D eigenvalue weighted by molar-refractivity contribution is 0.340. The molecule has 3 nitrogen and oxygen atoms in total. The Morgan fingerprint density at radius 1 is 1.39 bits per heavy atom. The Bertz CT molecular complexity index is 581. The minimum Gasteiger partial charge on any atom is -0.494 e. The molecule has 2 aromatic rings. The molecule has 0 radical (unpaired) electrons. The third-order valence-corrected chi connectivity index (χ3v) is 3.83. The topological polar surface area (TPSA) is 40.2 Å². The highest BCUT2D eigenvalue weighted by Crippen LogP contribution is 2.37. The predicted octanol–water partition coefficient (Wildman–Crippen LogP) is 3.53. The van der Waals surface area contributed by atoms with Gasteiger partial charge in [-0.25, -0.2) is 0 Å². The molecule has 0 aliphatic heterocycles. The average molecular weight is 311 g/mol. The van der Waals surface area contributed by atoms with Crippen molar-refractivity contribution in [3.05, 3.63) is 28.4 Å². The molecule has 18 heavy (non-hydrogen) atoms. The molecule has 1 heterocycles. The molecular formula is C14H19BrN2O. The second-order valence-electron chi connectivity index (χ2n) is 5.06. The fourth-order valence-corrected chi connectivity index (χ4v) is 3.44. The van der Waals surface area contributed by atoms with Crippen LogP contribution in [0, 0.1) is 0 Å². The van der Waals surface area contributed by atoms with Crippen LogP contribution in [-0.4, -0.2) is 11.2 Å². The standard InChI is InChI=1S/C14H19BrN2O/c1-5-18-9-6-7-11-10(8-9)12(15)13(17(11)4)14(2,3)16/h6-8H,5,16H2,1-4H3. The highest BCUT2D eigenvalue weighted by molar-refractivity contribution is 9.10. The van der Waals surface area contributed by atoms with E-state index in [-0.39, 0.29) is 0 Å². The number of hydrogen-bond acceptors (Lipinski definition) is 2. The van der Waals surface area contributed by atoms with Gasteiger partial charge in [-0.05, 0) is 54.9 Å². The third kappa shape index (κ3) is 2.15. The summed E-state index contributed by atoms with van der Waals surface area (Å²) in [5, 5.41) is 1.14. The third-order valence-electron chi connectivity index (χ3n) is 3.03. The maximum Gasteiger partial charge on any atom is 0.120 e. The van der Waals surface area contributed by atoms with Crippen LogP contribution < -0.4 is 10.5 Å². The molecule has 0 bridgehead atoms. The SMILES string of the molecule is CCOc1ccc2c(c1)c(Br)c(C(C)(C)N)n2C. The molecule has 0 atom stereocenters. The molecule has 0 saturated carbocycles. The second-order valence-corrected chi connectivity index (χ2v) is 5.85. The second kappa shape index (κ2) is 4.59. The summed E-state index contributed by atoms with van der Waals surface area (Å²) in [5.74, 6) is 0.887. The van der Waals surface area contributed by atoms with Crippen molar-refractivity contribution in [3.8, 4) is 5.75 Å². The van der Waals surface area contributed by atoms with Crippen molar-refractivity contribution >= 4 is 26.8 Å². The molecule has 2 rings (SSSR count). The van der Waals surface area contributed by atoms with Crippen LogP contribution in [0.1, 0.15) is 26.5 Å². The van der Waals surface area contributed by atoms with Gasteiger partial charge in [0.25, 0.3) is 0 Å². The van der Waals surface area contributed by atoms with E-state index >= 15 is 0 Å². The summed E-state index contributed by atoms with van der Waals surface area (Å²) in [5.41, 5.74) is 8.09. The molecule has 0 amide bonds. The minimum absolute atomic E-state index is 0.390. The van der Waals surface area contributed by atoms with Gasteiger partial charge in [0, 0.05) is 22.4 Å². The first-order valence-corrected chi connectivity index (χ1v) is 6.85. The molecule has 0 spiro atoms. The molecule has 1 aromatic carbocycles. The lowest BCUT2D eigenvalue weighted by Crippen LogP contribution is -2.31. The monoisotopic (exact) mass is 310 g/mol. The summed E-state index contributed by atoms with van der Waals surface area (Å²) < 4.78 is 8.73. The maximum absolute atomic E-state index is 6.24. The molecule has 0 aliphatic rings. The van der Waals surface area contributed by atoms with Crippen LogP contribution in [0.3, 0.4) is 0 Å². The van der Waals surface area contributed by atoms with Crippen LogP contribution in [0.15, 0.2) is 22.7 Å². The predicted molar refractivity (Wildman–Crippen MR) is 79.0 cm³/mol. The number of nitrogens with two attached hydrogens (primary N) is 1. The average Bonchev–Trinajstić information content (AvgIpc) is 2.51. The number of benzene rings is 1. The zero-order valence-corrected chi connectivity index (χ0v) is 12.8. The van der Waals surface area contributed by atoms with Gasteiger partial charge in [-0.15, -0.1) is 0 Å². The van der Waals surface area contributed by atoms with E-state index in [1.807, 2.05) is 33.9 Å². The minimum atomic E-state index is -0.390. The van der Waals surface area contributed by atoms with E-state index in [1.54, 1.807) is 0 Å². The van der Waals surface area contributed by atoms with Gasteiger partial charge in [-0.1, -0.05) is 0 Å². The molecule has 2 N–H and O–H groups in total. The van der Waals surface area contributed by atoms with Crippen molar-refractivity contribution in [1.82, 2.24) is 4.57 Å². The van der Waals surface area contributed by atoms with Gasteiger partial charge in [0.05, 0.1) is 17.8 Å². The molecule has 4 heteroatoms. The number of fused-ring (bicyclic) bond motifs is 1. The smallest absolute Gasteiger partial charge is 0.120 e. The normalized spacial score (nSPS) is 12.1. The quantitative estimate of drug-likeness (QED) is 0.942. The number of ether oxygens (including phenoxy) is 1. The van der Waals surface area contributed by atoms with Crippen molar-refractivity contribution in [3.63, 3.8) is 0 Å². The van der Waals surface area contributed by atoms with E-state index < -0.39 is 5.54 Å². The summed E-state index contributed by atoms with van der Waals surface area (Å²) in [6.07, 6.45) is 0. The number of halogens is 1. The van der Waals surface area contributed by atoms with Crippen molar-refractivity contribution in [2.75, 3.05) is 6.61 Å². The van der Waals surface area contributed by atoms with E-state index in [2.05, 4.69) is 32.6 Å². The fraction of sp³-hybridized carbons (Fsp3) is 0.429. The van der Waals surface area contributed by atoms with Crippen molar-refractivity contribution in [1.29, 1.82) is 0 Å². The molecule has 0 saturated heterocycles. The van der Waals surface area contributed by atoms with Crippen LogP contribution in [0.2, 0.25) is 0 Å². The first-order chi connectivity index (χ1) is 8.36. The lowest BCUT2D eigenvalue weighted by Gasteiger charge is -2.20. The van der Waals surface area contributed by atoms with Crippen LogP contribution >= 0.6 is 15.9 Å². The Balaban J connectivity index is 2.70.